The van der Waals surface area contributed by atoms with Gasteiger partial charge in [-0.15, -0.1) is 11.3 Å². The SMILES string of the molecule is CC(NC(=O)c1ccncc1)c1ccc(S(=O)(=O)Cl)s1. The van der Waals surface area contributed by atoms with Gasteiger partial charge < -0.3 is 5.32 Å². The second-order valence-corrected chi connectivity index (χ2v) is 7.93. The van der Waals surface area contributed by atoms with Crippen LogP contribution in [-0.2, 0) is 9.05 Å². The van der Waals surface area contributed by atoms with E-state index in [2.05, 4.69) is 10.3 Å². The van der Waals surface area contributed by atoms with Crippen molar-refractivity contribution in [3.8, 4) is 0 Å². The molecule has 0 bridgehead atoms. The van der Waals surface area contributed by atoms with Crippen molar-refractivity contribution in [3.05, 3.63) is 47.1 Å². The number of thiophene rings is 1. The van der Waals surface area contributed by atoms with Gasteiger partial charge in [0.1, 0.15) is 4.21 Å². The number of halogens is 1. The second kappa shape index (κ2) is 5.90. The molecule has 0 saturated heterocycles. The van der Waals surface area contributed by atoms with Gasteiger partial charge in [-0.25, -0.2) is 8.42 Å². The summed E-state index contributed by atoms with van der Waals surface area (Å²) in [5.41, 5.74) is 0.494. The Morgan fingerprint density at radius 3 is 2.50 bits per heavy atom. The monoisotopic (exact) mass is 330 g/mol. The largest absolute Gasteiger partial charge is 0.345 e. The van der Waals surface area contributed by atoms with Crippen LogP contribution in [0.5, 0.6) is 0 Å². The van der Waals surface area contributed by atoms with E-state index < -0.39 is 9.05 Å². The van der Waals surface area contributed by atoms with Gasteiger partial charge in [-0.1, -0.05) is 0 Å². The van der Waals surface area contributed by atoms with Gasteiger partial charge in [0.15, 0.2) is 0 Å². The zero-order chi connectivity index (χ0) is 14.8. The van der Waals surface area contributed by atoms with Crippen molar-refractivity contribution in [1.29, 1.82) is 0 Å². The van der Waals surface area contributed by atoms with E-state index in [1.165, 1.54) is 18.5 Å². The molecule has 0 aliphatic rings. The molecular weight excluding hydrogens is 320 g/mol. The summed E-state index contributed by atoms with van der Waals surface area (Å²) < 4.78 is 22.5. The number of amides is 1. The maximum absolute atomic E-state index is 12.0. The lowest BCUT2D eigenvalue weighted by atomic mass is 10.2. The molecule has 0 aliphatic heterocycles. The van der Waals surface area contributed by atoms with Crippen molar-refractivity contribution < 1.29 is 13.2 Å². The van der Waals surface area contributed by atoms with Crippen LogP contribution in [0.3, 0.4) is 0 Å². The third-order valence-corrected chi connectivity index (χ3v) is 5.92. The van der Waals surface area contributed by atoms with Gasteiger partial charge in [0, 0.05) is 33.5 Å². The summed E-state index contributed by atoms with van der Waals surface area (Å²) in [6.45, 7) is 1.77. The normalized spacial score (nSPS) is 12.9. The Morgan fingerprint density at radius 2 is 1.95 bits per heavy atom. The summed E-state index contributed by atoms with van der Waals surface area (Å²) in [5, 5.41) is 2.78. The summed E-state index contributed by atoms with van der Waals surface area (Å²) >= 11 is 1.04. The third-order valence-electron chi connectivity index (χ3n) is 2.56. The smallest absolute Gasteiger partial charge is 0.270 e. The van der Waals surface area contributed by atoms with Crippen LogP contribution in [0.15, 0.2) is 40.9 Å². The van der Waals surface area contributed by atoms with E-state index in [0.717, 1.165) is 11.3 Å². The lowest BCUT2D eigenvalue weighted by Crippen LogP contribution is -2.26. The highest BCUT2D eigenvalue weighted by Crippen LogP contribution is 2.28. The minimum Gasteiger partial charge on any atom is -0.345 e. The fourth-order valence-corrected chi connectivity index (χ4v) is 3.65. The molecule has 106 valence electrons. The molecule has 0 aromatic carbocycles. The minimum atomic E-state index is -3.73. The van der Waals surface area contributed by atoms with Gasteiger partial charge >= 0.3 is 0 Å². The van der Waals surface area contributed by atoms with Gasteiger partial charge in [0.25, 0.3) is 15.0 Å². The maximum Gasteiger partial charge on any atom is 0.270 e. The molecule has 2 heterocycles. The molecule has 0 radical (unpaired) electrons. The molecule has 2 aromatic rings. The molecule has 20 heavy (non-hydrogen) atoms. The molecule has 0 aliphatic carbocycles. The van der Waals surface area contributed by atoms with E-state index in [1.54, 1.807) is 25.1 Å². The Kier molecular flexibility index (Phi) is 4.42. The Labute approximate surface area is 125 Å². The van der Waals surface area contributed by atoms with Gasteiger partial charge in [-0.05, 0) is 31.2 Å². The van der Waals surface area contributed by atoms with Crippen LogP contribution >= 0.6 is 22.0 Å². The first-order valence-electron chi connectivity index (χ1n) is 5.63. The average Bonchev–Trinajstić information content (AvgIpc) is 2.89. The van der Waals surface area contributed by atoms with Crippen LogP contribution in [0.4, 0.5) is 0 Å². The molecule has 0 spiro atoms. The zero-order valence-corrected chi connectivity index (χ0v) is 12.8. The zero-order valence-electron chi connectivity index (χ0n) is 10.4. The van der Waals surface area contributed by atoms with Crippen molar-refractivity contribution in [2.45, 2.75) is 17.2 Å². The third kappa shape index (κ3) is 3.56. The van der Waals surface area contributed by atoms with Crippen LogP contribution < -0.4 is 5.32 Å². The fourth-order valence-electron chi connectivity index (χ4n) is 1.55. The molecule has 1 atom stereocenters. The Bertz CT molecular complexity index is 713. The van der Waals surface area contributed by atoms with Crippen molar-refractivity contribution >= 4 is 37.0 Å². The highest BCUT2D eigenvalue weighted by atomic mass is 35.7. The molecular formula is C12H11ClN2O3S2. The number of rotatable bonds is 4. The summed E-state index contributed by atoms with van der Waals surface area (Å²) in [6, 6.07) is 5.96. The lowest BCUT2D eigenvalue weighted by Gasteiger charge is -2.11. The van der Waals surface area contributed by atoms with Gasteiger partial charge in [-0.2, -0.15) is 0 Å². The number of nitrogens with zero attached hydrogens (tertiary/aromatic N) is 1. The topological polar surface area (TPSA) is 76.1 Å². The van der Waals surface area contributed by atoms with E-state index in [4.69, 9.17) is 10.7 Å². The maximum atomic E-state index is 12.0. The molecule has 1 N–H and O–H groups in total. The summed E-state index contributed by atoms with van der Waals surface area (Å²) in [7, 11) is 1.54. The first-order chi connectivity index (χ1) is 9.38. The summed E-state index contributed by atoms with van der Waals surface area (Å²) in [4.78, 5) is 16.5. The number of carbonyl (C=O) groups is 1. The first-order valence-corrected chi connectivity index (χ1v) is 8.76. The van der Waals surface area contributed by atoms with Crippen LogP contribution in [0.25, 0.3) is 0 Å². The number of pyridine rings is 1. The predicted molar refractivity (Wildman–Crippen MR) is 77.5 cm³/mol. The van der Waals surface area contributed by atoms with E-state index >= 15 is 0 Å². The van der Waals surface area contributed by atoms with E-state index in [-0.39, 0.29) is 16.2 Å². The Balaban J connectivity index is 2.11. The lowest BCUT2D eigenvalue weighted by molar-refractivity contribution is 0.0940. The molecule has 1 unspecified atom stereocenters. The molecule has 5 nitrogen and oxygen atoms in total. The fraction of sp³-hybridized carbons (Fsp3) is 0.167. The molecule has 2 rings (SSSR count). The number of hydrogen-bond donors (Lipinski definition) is 1. The van der Waals surface area contributed by atoms with Crippen molar-refractivity contribution in [3.63, 3.8) is 0 Å². The van der Waals surface area contributed by atoms with Crippen LogP contribution in [0, 0.1) is 0 Å². The number of hydrogen-bond acceptors (Lipinski definition) is 5. The predicted octanol–water partition coefficient (Wildman–Crippen LogP) is 2.56. The van der Waals surface area contributed by atoms with E-state index in [0.29, 0.717) is 10.4 Å². The summed E-state index contributed by atoms with van der Waals surface area (Å²) in [6.07, 6.45) is 3.06. The standard InChI is InChI=1S/C12H11ClN2O3S2/c1-8(10-2-3-11(19-10)20(13,17)18)15-12(16)9-4-6-14-7-5-9/h2-8H,1H3,(H,15,16). The van der Waals surface area contributed by atoms with Gasteiger partial charge in [0.05, 0.1) is 6.04 Å². The number of nitrogens with one attached hydrogen (secondary N) is 1. The Morgan fingerprint density at radius 1 is 1.30 bits per heavy atom. The van der Waals surface area contributed by atoms with Crippen molar-refractivity contribution in [2.75, 3.05) is 0 Å². The first kappa shape index (κ1) is 15.0. The highest BCUT2D eigenvalue weighted by molar-refractivity contribution is 8.15. The number of carbonyl (C=O) groups excluding carboxylic acids is 1. The van der Waals surface area contributed by atoms with Gasteiger partial charge in [-0.3, -0.25) is 9.78 Å². The summed E-state index contributed by atoms with van der Waals surface area (Å²) in [5.74, 6) is -0.247. The molecule has 1 amide bonds. The molecule has 2 aromatic heterocycles. The van der Waals surface area contributed by atoms with Crippen molar-refractivity contribution in [1.82, 2.24) is 10.3 Å². The highest BCUT2D eigenvalue weighted by Gasteiger charge is 2.17. The van der Waals surface area contributed by atoms with E-state index in [9.17, 15) is 13.2 Å². The second-order valence-electron chi connectivity index (χ2n) is 4.03. The van der Waals surface area contributed by atoms with Crippen LogP contribution in [0.1, 0.15) is 28.2 Å². The minimum absolute atomic E-state index is 0.0687. The average molecular weight is 331 g/mol. The van der Waals surface area contributed by atoms with Crippen LogP contribution in [0.2, 0.25) is 0 Å². The molecule has 0 saturated carbocycles. The van der Waals surface area contributed by atoms with Crippen LogP contribution in [-0.4, -0.2) is 19.3 Å². The Hall–Kier alpha value is -1.44. The quantitative estimate of drug-likeness (QED) is 0.874. The van der Waals surface area contributed by atoms with E-state index in [1.807, 2.05) is 0 Å². The molecule has 8 heteroatoms. The number of aromatic nitrogens is 1. The molecule has 0 fully saturated rings. The van der Waals surface area contributed by atoms with Gasteiger partial charge in [0.2, 0.25) is 0 Å². The van der Waals surface area contributed by atoms with Crippen molar-refractivity contribution in [2.24, 2.45) is 0 Å².